The van der Waals surface area contributed by atoms with Gasteiger partial charge in [0.25, 0.3) is 0 Å². The molecular formula is C21H24N2O2. The molecule has 25 heavy (non-hydrogen) atoms. The minimum absolute atomic E-state index is 0.00586. The molecule has 1 heterocycles. The highest BCUT2D eigenvalue weighted by Crippen LogP contribution is 2.16. The summed E-state index contributed by atoms with van der Waals surface area (Å²) in [5.41, 5.74) is 1.89. The van der Waals surface area contributed by atoms with Gasteiger partial charge in [-0.2, -0.15) is 0 Å². The van der Waals surface area contributed by atoms with Crippen LogP contribution in [0.25, 0.3) is 0 Å². The number of nitrogens with one attached hydrogen (secondary N) is 1. The van der Waals surface area contributed by atoms with Crippen molar-refractivity contribution in [2.75, 3.05) is 13.1 Å². The van der Waals surface area contributed by atoms with E-state index in [9.17, 15) is 9.59 Å². The third-order valence-corrected chi connectivity index (χ3v) is 4.61. The number of carbonyl (C=O) groups excluding carboxylic acids is 2. The zero-order valence-electron chi connectivity index (χ0n) is 14.4. The van der Waals surface area contributed by atoms with Crippen molar-refractivity contribution in [1.82, 2.24) is 10.2 Å². The highest BCUT2D eigenvalue weighted by Gasteiger charge is 2.30. The maximum absolute atomic E-state index is 12.9. The molecule has 0 saturated carbocycles. The molecule has 1 aliphatic rings. The Labute approximate surface area is 148 Å². The second-order valence-electron chi connectivity index (χ2n) is 6.46. The first-order chi connectivity index (χ1) is 12.2. The molecule has 1 aliphatic heterocycles. The predicted octanol–water partition coefficient (Wildman–Crippen LogP) is 2.58. The molecule has 1 fully saturated rings. The van der Waals surface area contributed by atoms with E-state index in [1.807, 2.05) is 60.7 Å². The van der Waals surface area contributed by atoms with Crippen molar-refractivity contribution in [3.05, 3.63) is 71.8 Å². The van der Waals surface area contributed by atoms with Crippen LogP contribution < -0.4 is 5.32 Å². The monoisotopic (exact) mass is 336 g/mol. The molecule has 2 aromatic rings. The van der Waals surface area contributed by atoms with Crippen LogP contribution in [0.3, 0.4) is 0 Å². The second kappa shape index (κ2) is 8.58. The topological polar surface area (TPSA) is 49.4 Å². The molecule has 1 saturated heterocycles. The quantitative estimate of drug-likeness (QED) is 0.913. The van der Waals surface area contributed by atoms with E-state index in [-0.39, 0.29) is 30.7 Å². The van der Waals surface area contributed by atoms with Crippen molar-refractivity contribution in [3.63, 3.8) is 0 Å². The molecule has 0 spiro atoms. The molecule has 0 aromatic heterocycles. The Morgan fingerprint density at radius 1 is 0.800 bits per heavy atom. The van der Waals surface area contributed by atoms with Gasteiger partial charge in [0, 0.05) is 6.04 Å². The first kappa shape index (κ1) is 17.4. The number of rotatable bonds is 5. The van der Waals surface area contributed by atoms with Gasteiger partial charge in [-0.1, -0.05) is 60.7 Å². The SMILES string of the molecule is O=C(Cc1ccccc1)N(C(=O)Cc1ccccc1)C1CCNCC1. The largest absolute Gasteiger partial charge is 0.317 e. The molecule has 0 atom stereocenters. The average Bonchev–Trinajstić information content (AvgIpc) is 2.64. The lowest BCUT2D eigenvalue weighted by Crippen LogP contribution is -2.50. The van der Waals surface area contributed by atoms with Crippen LogP contribution in [-0.2, 0) is 22.4 Å². The van der Waals surface area contributed by atoms with Gasteiger partial charge in [-0.05, 0) is 37.1 Å². The van der Waals surface area contributed by atoms with Crippen molar-refractivity contribution in [2.24, 2.45) is 0 Å². The van der Waals surface area contributed by atoms with Gasteiger partial charge in [-0.15, -0.1) is 0 Å². The van der Waals surface area contributed by atoms with Crippen molar-refractivity contribution in [3.8, 4) is 0 Å². The maximum atomic E-state index is 12.9. The van der Waals surface area contributed by atoms with Crippen LogP contribution in [-0.4, -0.2) is 35.8 Å². The number of piperidine rings is 1. The normalized spacial score (nSPS) is 14.9. The van der Waals surface area contributed by atoms with Crippen LogP contribution in [0.5, 0.6) is 0 Å². The van der Waals surface area contributed by atoms with E-state index in [4.69, 9.17) is 0 Å². The lowest BCUT2D eigenvalue weighted by Gasteiger charge is -2.33. The van der Waals surface area contributed by atoms with Crippen LogP contribution in [0.2, 0.25) is 0 Å². The van der Waals surface area contributed by atoms with E-state index in [2.05, 4.69) is 5.32 Å². The van der Waals surface area contributed by atoms with Crippen LogP contribution in [0.15, 0.2) is 60.7 Å². The van der Waals surface area contributed by atoms with Gasteiger partial charge in [0.15, 0.2) is 0 Å². The standard InChI is InChI=1S/C21H24N2O2/c24-20(15-17-7-3-1-4-8-17)23(19-11-13-22-14-12-19)21(25)16-18-9-5-2-6-10-18/h1-10,19,22H,11-16H2. The summed E-state index contributed by atoms with van der Waals surface area (Å²) in [5.74, 6) is -0.196. The first-order valence-electron chi connectivity index (χ1n) is 8.87. The molecule has 130 valence electrons. The highest BCUT2D eigenvalue weighted by atomic mass is 16.2. The molecule has 0 aliphatic carbocycles. The van der Waals surface area contributed by atoms with Crippen LogP contribution >= 0.6 is 0 Å². The van der Waals surface area contributed by atoms with E-state index >= 15 is 0 Å². The first-order valence-corrected chi connectivity index (χ1v) is 8.87. The molecule has 0 unspecified atom stereocenters. The summed E-state index contributed by atoms with van der Waals surface area (Å²) in [7, 11) is 0. The summed E-state index contributed by atoms with van der Waals surface area (Å²) in [5, 5.41) is 3.30. The summed E-state index contributed by atoms with van der Waals surface area (Å²) < 4.78 is 0. The molecule has 4 nitrogen and oxygen atoms in total. The fourth-order valence-electron chi connectivity index (χ4n) is 3.32. The molecule has 0 bridgehead atoms. The third-order valence-electron chi connectivity index (χ3n) is 4.61. The minimum atomic E-state index is -0.0981. The smallest absolute Gasteiger partial charge is 0.233 e. The Morgan fingerprint density at radius 2 is 1.24 bits per heavy atom. The summed E-state index contributed by atoms with van der Waals surface area (Å²) in [6.45, 7) is 1.69. The molecule has 3 rings (SSSR count). The highest BCUT2D eigenvalue weighted by molar-refractivity contribution is 5.97. The number of benzene rings is 2. The van der Waals surface area contributed by atoms with Crippen LogP contribution in [0, 0.1) is 0 Å². The summed E-state index contributed by atoms with van der Waals surface area (Å²) in [6, 6.07) is 19.3. The average molecular weight is 336 g/mol. The van der Waals surface area contributed by atoms with E-state index in [1.54, 1.807) is 0 Å². The Kier molecular flexibility index (Phi) is 5.96. The van der Waals surface area contributed by atoms with Crippen molar-refractivity contribution < 1.29 is 9.59 Å². The lowest BCUT2D eigenvalue weighted by atomic mass is 10.0. The number of hydrogen-bond donors (Lipinski definition) is 1. The Hall–Kier alpha value is -2.46. The molecule has 1 N–H and O–H groups in total. The Morgan fingerprint density at radius 3 is 1.68 bits per heavy atom. The third kappa shape index (κ3) is 4.77. The molecule has 2 aromatic carbocycles. The summed E-state index contributed by atoms with van der Waals surface area (Å²) in [6.07, 6.45) is 2.18. The fraction of sp³-hybridized carbons (Fsp3) is 0.333. The van der Waals surface area contributed by atoms with Crippen molar-refractivity contribution in [2.45, 2.75) is 31.7 Å². The minimum Gasteiger partial charge on any atom is -0.317 e. The number of imide groups is 1. The van der Waals surface area contributed by atoms with Gasteiger partial charge >= 0.3 is 0 Å². The summed E-state index contributed by atoms with van der Waals surface area (Å²) in [4.78, 5) is 27.4. The van der Waals surface area contributed by atoms with E-state index < -0.39 is 0 Å². The zero-order valence-corrected chi connectivity index (χ0v) is 14.4. The number of carbonyl (C=O) groups is 2. The summed E-state index contributed by atoms with van der Waals surface area (Å²) >= 11 is 0. The number of amides is 2. The van der Waals surface area contributed by atoms with Crippen molar-refractivity contribution >= 4 is 11.8 Å². The zero-order chi connectivity index (χ0) is 17.5. The number of nitrogens with zero attached hydrogens (tertiary/aromatic N) is 1. The molecule has 4 heteroatoms. The van der Waals surface area contributed by atoms with Crippen LogP contribution in [0.1, 0.15) is 24.0 Å². The van der Waals surface area contributed by atoms with Crippen LogP contribution in [0.4, 0.5) is 0 Å². The van der Waals surface area contributed by atoms with Crippen molar-refractivity contribution in [1.29, 1.82) is 0 Å². The second-order valence-corrected chi connectivity index (χ2v) is 6.46. The van der Waals surface area contributed by atoms with Gasteiger partial charge in [0.1, 0.15) is 0 Å². The fourth-order valence-corrected chi connectivity index (χ4v) is 3.32. The Bertz CT molecular complexity index is 641. The van der Waals surface area contributed by atoms with E-state index in [0.717, 1.165) is 37.1 Å². The lowest BCUT2D eigenvalue weighted by molar-refractivity contribution is -0.147. The van der Waals surface area contributed by atoms with Gasteiger partial charge in [-0.25, -0.2) is 0 Å². The van der Waals surface area contributed by atoms with E-state index in [0.29, 0.717) is 0 Å². The van der Waals surface area contributed by atoms with Gasteiger partial charge in [0.05, 0.1) is 12.8 Å². The predicted molar refractivity (Wildman–Crippen MR) is 98.0 cm³/mol. The van der Waals surface area contributed by atoms with Gasteiger partial charge in [-0.3, -0.25) is 14.5 Å². The molecular weight excluding hydrogens is 312 g/mol. The van der Waals surface area contributed by atoms with Gasteiger partial charge < -0.3 is 5.32 Å². The molecule has 0 radical (unpaired) electrons. The molecule has 2 amide bonds. The van der Waals surface area contributed by atoms with E-state index in [1.165, 1.54) is 4.90 Å². The number of hydrogen-bond acceptors (Lipinski definition) is 3. The van der Waals surface area contributed by atoms with Gasteiger partial charge in [0.2, 0.25) is 11.8 Å². The maximum Gasteiger partial charge on any atom is 0.233 e. The Balaban J connectivity index is 1.76.